The lowest BCUT2D eigenvalue weighted by Gasteiger charge is -2.65. The van der Waals surface area contributed by atoms with Gasteiger partial charge in [-0.1, -0.05) is 32.0 Å². The fourth-order valence-electron chi connectivity index (χ4n) is 14.0. The summed E-state index contributed by atoms with van der Waals surface area (Å²) in [6.07, 6.45) is -2.59. The van der Waals surface area contributed by atoms with E-state index < -0.39 is 103 Å². The Morgan fingerprint density at radius 1 is 0.714 bits per heavy atom. The van der Waals surface area contributed by atoms with E-state index in [1.54, 1.807) is 32.1 Å². The van der Waals surface area contributed by atoms with Gasteiger partial charge in [-0.2, -0.15) is 0 Å². The van der Waals surface area contributed by atoms with Gasteiger partial charge < -0.3 is 68.9 Å². The predicted molar refractivity (Wildman–Crippen MR) is 223 cm³/mol. The zero-order chi connectivity index (χ0) is 44.7. The van der Waals surface area contributed by atoms with E-state index in [9.17, 15) is 40.5 Å². The van der Waals surface area contributed by atoms with Crippen LogP contribution in [0.3, 0.4) is 0 Å². The topological polar surface area (TPSA) is 223 Å². The van der Waals surface area contributed by atoms with Crippen molar-refractivity contribution in [3.05, 3.63) is 41.5 Å². The number of fused-ring (bicyclic) bond motifs is 5. The number of carbonyl (C=O) groups is 1. The fraction of sp³-hybridized carbons (Fsp3) is 0.812. The Morgan fingerprint density at radius 2 is 1.33 bits per heavy atom. The van der Waals surface area contributed by atoms with Crippen molar-refractivity contribution in [1.82, 2.24) is 0 Å². The second-order valence-corrected chi connectivity index (χ2v) is 20.9. The molecule has 1 aromatic rings. The zero-order valence-electron chi connectivity index (χ0n) is 37.2. The van der Waals surface area contributed by atoms with Crippen LogP contribution in [0.2, 0.25) is 0 Å². The van der Waals surface area contributed by atoms with Crippen LogP contribution in [0.25, 0.3) is 0 Å². The summed E-state index contributed by atoms with van der Waals surface area (Å²) in [6.45, 7) is 9.61. The molecule has 7 unspecified atom stereocenters. The highest BCUT2D eigenvalue weighted by Crippen LogP contribution is 2.70. The molecule has 4 aliphatic carbocycles. The molecule has 63 heavy (non-hydrogen) atoms. The highest BCUT2D eigenvalue weighted by atomic mass is 16.7. The van der Waals surface area contributed by atoms with E-state index in [0.717, 1.165) is 37.7 Å². The lowest BCUT2D eigenvalue weighted by molar-refractivity contribution is -0.336. The quantitative estimate of drug-likeness (QED) is 0.139. The maximum atomic E-state index is 12.9. The summed E-state index contributed by atoms with van der Waals surface area (Å²) >= 11 is 0. The molecule has 22 atom stereocenters. The summed E-state index contributed by atoms with van der Waals surface area (Å²) in [7, 11) is 0. The van der Waals surface area contributed by atoms with E-state index in [0.29, 0.717) is 37.2 Å². The number of ether oxygens (including phenoxy) is 7. The number of aliphatic hydroxyl groups is 6. The minimum Gasteiger partial charge on any atom is -0.508 e. The molecule has 0 aromatic heterocycles. The van der Waals surface area contributed by atoms with Crippen LogP contribution in [-0.4, -0.2) is 139 Å². The minimum absolute atomic E-state index is 0.00568. The minimum atomic E-state index is -1.12. The van der Waals surface area contributed by atoms with Gasteiger partial charge in [0.1, 0.15) is 30.2 Å². The van der Waals surface area contributed by atoms with E-state index in [1.807, 2.05) is 26.0 Å². The number of phenols is 1. The van der Waals surface area contributed by atoms with Crippen LogP contribution in [0.4, 0.5) is 0 Å². The number of esters is 1. The van der Waals surface area contributed by atoms with Gasteiger partial charge in [0, 0.05) is 37.2 Å². The molecule has 8 aliphatic rings. The molecular weight excluding hydrogens is 817 g/mol. The Morgan fingerprint density at radius 3 is 1.97 bits per heavy atom. The van der Waals surface area contributed by atoms with Crippen molar-refractivity contribution in [1.29, 1.82) is 0 Å². The van der Waals surface area contributed by atoms with Crippen molar-refractivity contribution >= 4 is 5.97 Å². The molecular formula is C48H70O15. The first kappa shape index (κ1) is 45.9. The molecule has 352 valence electrons. The average molecular weight is 887 g/mol. The van der Waals surface area contributed by atoms with Gasteiger partial charge in [0.05, 0.1) is 54.4 Å². The molecule has 0 radical (unpaired) electrons. The highest BCUT2D eigenvalue weighted by molar-refractivity contribution is 5.86. The molecule has 9 rings (SSSR count). The molecule has 0 bridgehead atoms. The van der Waals surface area contributed by atoms with Gasteiger partial charge in [-0.3, -0.25) is 0 Å². The van der Waals surface area contributed by atoms with Gasteiger partial charge in [-0.25, -0.2) is 4.79 Å². The van der Waals surface area contributed by atoms with Crippen LogP contribution in [0.1, 0.15) is 111 Å². The second-order valence-electron chi connectivity index (χ2n) is 20.9. The number of hydrogen-bond acceptors (Lipinski definition) is 15. The Hall–Kier alpha value is -2.25. The Balaban J connectivity index is 0.789. The number of rotatable bonds is 9. The van der Waals surface area contributed by atoms with E-state index >= 15 is 0 Å². The molecule has 15 nitrogen and oxygen atoms in total. The number of para-hydroxylation sites is 1. The first-order valence-corrected chi connectivity index (χ1v) is 23.6. The molecule has 4 aliphatic heterocycles. The summed E-state index contributed by atoms with van der Waals surface area (Å²) < 4.78 is 42.8. The second kappa shape index (κ2) is 17.4. The lowest BCUT2D eigenvalue weighted by Crippen LogP contribution is -2.67. The lowest BCUT2D eigenvalue weighted by atomic mass is 9.42. The maximum Gasteiger partial charge on any atom is 0.331 e. The van der Waals surface area contributed by atoms with E-state index in [2.05, 4.69) is 6.92 Å². The molecule has 3 saturated heterocycles. The van der Waals surface area contributed by atoms with Gasteiger partial charge in [0.25, 0.3) is 0 Å². The average Bonchev–Trinajstić information content (AvgIpc) is 3.73. The summed E-state index contributed by atoms with van der Waals surface area (Å²) in [4.78, 5) is 12.8. The van der Waals surface area contributed by atoms with Crippen molar-refractivity contribution in [2.45, 2.75) is 209 Å². The zero-order valence-corrected chi connectivity index (χ0v) is 37.2. The molecule has 4 heterocycles. The number of aliphatic hydroxyl groups excluding tert-OH is 5. The normalized spacial score (nSPS) is 51.1. The molecule has 15 heteroatoms. The maximum absolute atomic E-state index is 12.9. The molecule has 0 spiro atoms. The van der Waals surface area contributed by atoms with Crippen LogP contribution in [0, 0.1) is 34.5 Å². The third-order valence-electron chi connectivity index (χ3n) is 17.5. The monoisotopic (exact) mass is 886 g/mol. The first-order valence-electron chi connectivity index (χ1n) is 23.6. The van der Waals surface area contributed by atoms with Crippen molar-refractivity contribution in [2.24, 2.45) is 34.5 Å². The number of cyclic esters (lactones) is 1. The van der Waals surface area contributed by atoms with Gasteiger partial charge in [-0.15, -0.1) is 0 Å². The van der Waals surface area contributed by atoms with Gasteiger partial charge >= 0.3 is 5.97 Å². The van der Waals surface area contributed by atoms with Crippen molar-refractivity contribution in [3.8, 4) is 5.75 Å². The SMILES string of the molecule is CC1O[C@@H](OC2C(C)O[C@H](OC3C(C)O[C@@H](O[C@H]4CC[C@@]5(C)[C@H](CC[C@@H]6[C@@H]5C[C@@H](O)[C@]5(C)[C@@H](C7=CC(=O)OC7Cc7ccccc7O)CC[C@]65O)C4)C[C@H]3O)C[C@H]2O)C[C@@H](O)C1O. The van der Waals surface area contributed by atoms with Crippen LogP contribution < -0.4 is 0 Å². The summed E-state index contributed by atoms with van der Waals surface area (Å²) in [5.41, 5.74) is -0.620. The standard InChI is InChI=1S/C48H70O15/c1-23-43(55)34(50)20-41(57-23)62-45-25(3)59-42(22-36(45)52)63-44-24(2)58-40(21-35(44)51)60-28-12-14-46(4)27(17-28)10-11-31-32(46)19-38(53)47(5)30(13-15-48(31,47)56)29-18-39(54)61-37(29)16-26-8-6-7-9-33(26)49/h6-9,18,23-25,27-28,30-32,34-38,40-45,49-53,55-56H,10-17,19-22H2,1-5H3/t23?,24?,25?,27-,28+,30-,31-,32+,34-,35-,36-,37?,38-,40+,41+,42-,43?,44?,45?,46+,47+,48+/m1/s1. The van der Waals surface area contributed by atoms with E-state index in [-0.39, 0.29) is 54.3 Å². The fourth-order valence-corrected chi connectivity index (χ4v) is 14.0. The predicted octanol–water partition coefficient (Wildman–Crippen LogP) is 3.54. The summed E-state index contributed by atoms with van der Waals surface area (Å²) in [5.74, 6) is -0.0997. The molecule has 1 aromatic carbocycles. The molecule has 4 saturated carbocycles. The van der Waals surface area contributed by atoms with E-state index in [1.165, 1.54) is 0 Å². The third kappa shape index (κ3) is 8.11. The van der Waals surface area contributed by atoms with E-state index in [4.69, 9.17) is 33.2 Å². The Bertz CT molecular complexity index is 1810. The summed E-state index contributed by atoms with van der Waals surface area (Å²) in [6, 6.07) is 7.06. The van der Waals surface area contributed by atoms with Crippen LogP contribution in [0.5, 0.6) is 5.75 Å². The van der Waals surface area contributed by atoms with Crippen molar-refractivity contribution < 1.29 is 73.7 Å². The smallest absolute Gasteiger partial charge is 0.331 e. The number of benzene rings is 1. The van der Waals surface area contributed by atoms with Gasteiger partial charge in [0.2, 0.25) is 0 Å². The number of carbonyl (C=O) groups excluding carboxylic acids is 1. The van der Waals surface area contributed by atoms with Crippen LogP contribution in [-0.2, 0) is 44.4 Å². The van der Waals surface area contributed by atoms with Crippen LogP contribution >= 0.6 is 0 Å². The van der Waals surface area contributed by atoms with Crippen molar-refractivity contribution in [3.63, 3.8) is 0 Å². The summed E-state index contributed by atoms with van der Waals surface area (Å²) in [5, 5.41) is 78.3. The molecule has 7 N–H and O–H groups in total. The Kier molecular flexibility index (Phi) is 12.7. The number of phenolic OH excluding ortho intramolecular Hbond substituents is 1. The molecule has 7 fully saturated rings. The third-order valence-corrected chi connectivity index (χ3v) is 17.5. The molecule has 0 amide bonds. The largest absolute Gasteiger partial charge is 0.508 e. The van der Waals surface area contributed by atoms with Gasteiger partial charge in [0.15, 0.2) is 18.9 Å². The van der Waals surface area contributed by atoms with Crippen molar-refractivity contribution in [2.75, 3.05) is 0 Å². The van der Waals surface area contributed by atoms with Gasteiger partial charge in [-0.05, 0) is 118 Å². The highest BCUT2D eigenvalue weighted by Gasteiger charge is 2.71. The Labute approximate surface area is 370 Å². The first-order chi connectivity index (χ1) is 29.9. The number of aromatic hydroxyl groups is 1. The van der Waals surface area contributed by atoms with Crippen LogP contribution in [0.15, 0.2) is 35.9 Å². The number of hydrogen-bond donors (Lipinski definition) is 7.